The van der Waals surface area contributed by atoms with Crippen LogP contribution in [0.4, 0.5) is 5.82 Å². The molecule has 0 spiro atoms. The molecule has 42 heavy (non-hydrogen) atoms. The van der Waals surface area contributed by atoms with Crippen molar-refractivity contribution in [1.29, 1.82) is 0 Å². The minimum atomic E-state index is -0.792. The summed E-state index contributed by atoms with van der Waals surface area (Å²) < 4.78 is 2.10. The summed E-state index contributed by atoms with van der Waals surface area (Å²) in [6, 6.07) is 6.15. The number of aryl methyl sites for hydroxylation is 3. The molecular weight excluding hydrogens is 602 g/mol. The number of carbonyl (C=O) groups is 3. The molecule has 2 aliphatic rings. The highest BCUT2D eigenvalue weighted by Gasteiger charge is 2.72. The van der Waals surface area contributed by atoms with E-state index in [1.54, 1.807) is 18.5 Å². The lowest BCUT2D eigenvalue weighted by Gasteiger charge is -2.28. The number of pyridine rings is 1. The maximum atomic E-state index is 13.9. The summed E-state index contributed by atoms with van der Waals surface area (Å²) in [5.41, 5.74) is 3.56. The van der Waals surface area contributed by atoms with Crippen LogP contribution < -0.4 is 5.32 Å². The Kier molecular flexibility index (Phi) is 6.73. The van der Waals surface area contributed by atoms with Crippen LogP contribution in [0.5, 0.6) is 0 Å². The summed E-state index contributed by atoms with van der Waals surface area (Å²) >= 11 is 3.33. The first-order valence-electron chi connectivity index (χ1n) is 13.6. The van der Waals surface area contributed by atoms with E-state index in [1.165, 1.54) is 16.5 Å². The van der Waals surface area contributed by atoms with Gasteiger partial charge in [0.25, 0.3) is 0 Å². The van der Waals surface area contributed by atoms with Crippen molar-refractivity contribution in [2.75, 3.05) is 5.32 Å². The van der Waals surface area contributed by atoms with Gasteiger partial charge < -0.3 is 15.3 Å². The fraction of sp³-hybridized carbons (Fsp3) is 0.367. The molecule has 0 unspecified atom stereocenters. The zero-order valence-electron chi connectivity index (χ0n) is 23.8. The van der Waals surface area contributed by atoms with E-state index in [9.17, 15) is 19.5 Å². The van der Waals surface area contributed by atoms with E-state index in [-0.39, 0.29) is 29.8 Å². The van der Waals surface area contributed by atoms with E-state index in [4.69, 9.17) is 0 Å². The Balaban J connectivity index is 1.33. The molecular formula is C30H30BrN7O4. The molecule has 4 atom stereocenters. The maximum Gasteiger partial charge on any atom is 0.248 e. The van der Waals surface area contributed by atoms with Crippen molar-refractivity contribution in [3.05, 3.63) is 63.9 Å². The molecule has 0 radical (unpaired) electrons. The number of anilines is 1. The Hall–Kier alpha value is -4.03. The third-order valence-corrected chi connectivity index (χ3v) is 8.91. The largest absolute Gasteiger partial charge is 0.390 e. The number of fused-ring (bicyclic) bond motifs is 2. The fourth-order valence-corrected chi connectivity index (χ4v) is 6.45. The van der Waals surface area contributed by atoms with Crippen molar-refractivity contribution >= 4 is 50.2 Å². The zero-order valence-corrected chi connectivity index (χ0v) is 25.4. The maximum absolute atomic E-state index is 13.9. The van der Waals surface area contributed by atoms with E-state index in [0.717, 1.165) is 22.3 Å². The minimum Gasteiger partial charge on any atom is -0.390 e. The molecule has 1 aromatic carbocycles. The van der Waals surface area contributed by atoms with Gasteiger partial charge in [0.2, 0.25) is 11.8 Å². The SMILES string of the molecule is CC(=O)c1nn(CC(=O)N2[C@H](C(=O)Nc3nc(Br)ccc3C)C[C@@]3(C)[C@H](O)[C@@H]23)c2c(C)cc(-c3cnc(C)nc3)cc12. The van der Waals surface area contributed by atoms with Crippen molar-refractivity contribution < 1.29 is 19.5 Å². The lowest BCUT2D eigenvalue weighted by molar-refractivity contribution is -0.139. The van der Waals surface area contributed by atoms with Gasteiger partial charge in [0.05, 0.1) is 17.7 Å². The van der Waals surface area contributed by atoms with Crippen LogP contribution in [0.2, 0.25) is 0 Å². The first-order chi connectivity index (χ1) is 19.9. The number of halogens is 1. The Labute approximate surface area is 250 Å². The molecule has 0 bridgehead atoms. The molecule has 11 nitrogen and oxygen atoms in total. The summed E-state index contributed by atoms with van der Waals surface area (Å²) in [5, 5.41) is 18.7. The minimum absolute atomic E-state index is 0.200. The van der Waals surface area contributed by atoms with Crippen molar-refractivity contribution in [2.24, 2.45) is 5.41 Å². The number of ketones is 1. The van der Waals surface area contributed by atoms with Gasteiger partial charge >= 0.3 is 0 Å². The highest BCUT2D eigenvalue weighted by Crippen LogP contribution is 2.59. The smallest absolute Gasteiger partial charge is 0.248 e. The van der Waals surface area contributed by atoms with E-state index >= 15 is 0 Å². The molecule has 4 heterocycles. The van der Waals surface area contributed by atoms with Gasteiger partial charge in [-0.05, 0) is 78.0 Å². The van der Waals surface area contributed by atoms with Crippen molar-refractivity contribution in [3.8, 4) is 11.1 Å². The number of hydrogen-bond acceptors (Lipinski definition) is 8. The first kappa shape index (κ1) is 28.1. The molecule has 2 amide bonds. The number of aliphatic hydroxyl groups excluding tert-OH is 1. The molecule has 12 heteroatoms. The molecule has 1 saturated heterocycles. The third-order valence-electron chi connectivity index (χ3n) is 8.47. The molecule has 1 saturated carbocycles. The van der Waals surface area contributed by atoms with E-state index in [2.05, 4.69) is 41.3 Å². The van der Waals surface area contributed by atoms with Gasteiger partial charge in [0.1, 0.15) is 34.5 Å². The summed E-state index contributed by atoms with van der Waals surface area (Å²) in [4.78, 5) is 54.5. The summed E-state index contributed by atoms with van der Waals surface area (Å²) in [6.45, 7) is 8.67. The Morgan fingerprint density at radius 2 is 1.81 bits per heavy atom. The van der Waals surface area contributed by atoms with Gasteiger partial charge in [-0.3, -0.25) is 19.1 Å². The highest BCUT2D eigenvalue weighted by atomic mass is 79.9. The first-order valence-corrected chi connectivity index (χ1v) is 14.4. The number of amides is 2. The van der Waals surface area contributed by atoms with Crippen molar-refractivity contribution in [1.82, 2.24) is 29.6 Å². The van der Waals surface area contributed by atoms with Crippen LogP contribution in [0.25, 0.3) is 22.0 Å². The van der Waals surface area contributed by atoms with E-state index in [1.807, 2.05) is 45.9 Å². The second-order valence-corrected chi connectivity index (χ2v) is 12.3. The van der Waals surface area contributed by atoms with E-state index < -0.39 is 23.6 Å². The van der Waals surface area contributed by atoms with Gasteiger partial charge in [-0.25, -0.2) is 15.0 Å². The number of rotatable bonds is 6. The van der Waals surface area contributed by atoms with Crippen molar-refractivity contribution in [2.45, 2.75) is 65.8 Å². The molecule has 4 aromatic rings. The van der Waals surface area contributed by atoms with Crippen LogP contribution in [0, 0.1) is 26.2 Å². The van der Waals surface area contributed by atoms with Crippen LogP contribution in [0.1, 0.15) is 47.7 Å². The summed E-state index contributed by atoms with van der Waals surface area (Å²) in [6.07, 6.45) is 3.06. The average Bonchev–Trinajstić information content (AvgIpc) is 3.21. The molecule has 1 aliphatic carbocycles. The van der Waals surface area contributed by atoms with Gasteiger partial charge in [0.15, 0.2) is 5.78 Å². The number of carbonyl (C=O) groups excluding carboxylic acids is 3. The highest BCUT2D eigenvalue weighted by molar-refractivity contribution is 9.10. The molecule has 1 aliphatic heterocycles. The molecule has 3 aromatic heterocycles. The Morgan fingerprint density at radius 1 is 1.10 bits per heavy atom. The number of nitrogens with zero attached hydrogens (tertiary/aromatic N) is 6. The fourth-order valence-electron chi connectivity index (χ4n) is 6.14. The number of aliphatic hydroxyl groups is 1. The van der Waals surface area contributed by atoms with Gasteiger partial charge in [-0.15, -0.1) is 0 Å². The second-order valence-electron chi connectivity index (χ2n) is 11.5. The molecule has 216 valence electrons. The van der Waals surface area contributed by atoms with Gasteiger partial charge in [0, 0.05) is 35.7 Å². The summed E-state index contributed by atoms with van der Waals surface area (Å²) in [5.74, 6) is 0.0926. The number of hydrogen-bond donors (Lipinski definition) is 2. The number of likely N-dealkylation sites (tertiary alicyclic amines) is 1. The van der Waals surface area contributed by atoms with E-state index in [0.29, 0.717) is 33.6 Å². The van der Waals surface area contributed by atoms with Crippen LogP contribution in [0.3, 0.4) is 0 Å². The molecule has 2 fully saturated rings. The second kappa shape index (κ2) is 10.1. The van der Waals surface area contributed by atoms with Gasteiger partial charge in [-0.2, -0.15) is 5.10 Å². The lowest BCUT2D eigenvalue weighted by atomic mass is 10.0. The third kappa shape index (κ3) is 4.58. The number of piperidine rings is 1. The predicted molar refractivity (Wildman–Crippen MR) is 159 cm³/mol. The standard InChI is InChI=1S/C30H30BrN7O4/c1-14-6-7-22(31)34-28(14)35-29(42)21-10-30(5)26(27(30)41)38(21)23(40)13-37-25-15(2)8-18(19-11-32-17(4)33-12-19)9-20(25)24(36-37)16(3)39/h6-9,11-12,21,26-27,41H,10,13H2,1-5H3,(H,34,35,42)/t21-,26+,27+,30+/m0/s1. The number of aromatic nitrogens is 5. The van der Waals surface area contributed by atoms with Crippen LogP contribution in [0.15, 0.2) is 41.3 Å². The number of benzene rings is 1. The number of nitrogens with one attached hydrogen (secondary N) is 1. The predicted octanol–water partition coefficient (Wildman–Crippen LogP) is 3.77. The lowest BCUT2D eigenvalue weighted by Crippen LogP contribution is -2.48. The van der Waals surface area contributed by atoms with Crippen LogP contribution in [-0.2, 0) is 16.1 Å². The average molecular weight is 633 g/mol. The summed E-state index contributed by atoms with van der Waals surface area (Å²) in [7, 11) is 0. The van der Waals surface area contributed by atoms with Crippen molar-refractivity contribution in [3.63, 3.8) is 0 Å². The van der Waals surface area contributed by atoms with Crippen LogP contribution in [-0.4, -0.2) is 70.5 Å². The Morgan fingerprint density at radius 3 is 2.50 bits per heavy atom. The monoisotopic (exact) mass is 631 g/mol. The Bertz CT molecular complexity index is 1790. The van der Waals surface area contributed by atoms with Crippen LogP contribution >= 0.6 is 15.9 Å². The number of Topliss-reactive ketones (excluding diaryl/α,β-unsaturated/α-hetero) is 1. The molecule has 6 rings (SSSR count). The van der Waals surface area contributed by atoms with Gasteiger partial charge in [-0.1, -0.05) is 13.0 Å². The quantitative estimate of drug-likeness (QED) is 0.242. The normalized spacial score (nSPS) is 22.7. The molecule has 2 N–H and O–H groups in total. The zero-order chi connectivity index (χ0) is 30.1. The topological polar surface area (TPSA) is 143 Å².